The summed E-state index contributed by atoms with van der Waals surface area (Å²) in [5, 5.41) is 0. The van der Waals surface area contributed by atoms with Crippen LogP contribution in [0.3, 0.4) is 0 Å². The molecule has 134 valence electrons. The molecule has 2 saturated heterocycles. The van der Waals surface area contributed by atoms with Crippen LogP contribution in [-0.2, 0) is 21.1 Å². The summed E-state index contributed by atoms with van der Waals surface area (Å²) in [7, 11) is -3.16. The first-order valence-electron chi connectivity index (χ1n) is 9.22. The third-order valence-electron chi connectivity index (χ3n) is 5.85. The number of carbonyl (C=O) groups is 1. The number of nitrogens with zero attached hydrogens (tertiary/aromatic N) is 1. The van der Waals surface area contributed by atoms with E-state index in [1.165, 1.54) is 19.1 Å². The lowest BCUT2D eigenvalue weighted by Crippen LogP contribution is -2.44. The molecule has 4 rings (SSSR count). The summed E-state index contributed by atoms with van der Waals surface area (Å²) >= 11 is 0. The molecule has 2 atom stereocenters. The van der Waals surface area contributed by atoms with Gasteiger partial charge in [0.25, 0.3) is 0 Å². The van der Waals surface area contributed by atoms with Gasteiger partial charge in [-0.2, -0.15) is 0 Å². The van der Waals surface area contributed by atoms with Crippen LogP contribution in [0.4, 0.5) is 0 Å². The highest BCUT2D eigenvalue weighted by Crippen LogP contribution is 2.44. The van der Waals surface area contributed by atoms with E-state index in [9.17, 15) is 13.2 Å². The zero-order valence-corrected chi connectivity index (χ0v) is 15.5. The van der Waals surface area contributed by atoms with Gasteiger partial charge in [-0.25, -0.2) is 8.42 Å². The van der Waals surface area contributed by atoms with Gasteiger partial charge in [-0.05, 0) is 62.6 Å². The first kappa shape index (κ1) is 16.8. The second-order valence-corrected chi connectivity index (χ2v) is 9.73. The first-order valence-corrected chi connectivity index (χ1v) is 11.1. The highest BCUT2D eigenvalue weighted by atomic mass is 32.2. The number of sulfone groups is 1. The van der Waals surface area contributed by atoms with Crippen LogP contribution in [0.15, 0.2) is 40.3 Å². The van der Waals surface area contributed by atoms with E-state index in [4.69, 9.17) is 0 Å². The fraction of sp³-hybridized carbons (Fsp3) is 0.550. The largest absolute Gasteiger partial charge is 0.336 e. The number of hydrogen-bond acceptors (Lipinski definition) is 3. The lowest BCUT2D eigenvalue weighted by atomic mass is 9.95. The fourth-order valence-electron chi connectivity index (χ4n) is 4.41. The van der Waals surface area contributed by atoms with Crippen molar-refractivity contribution in [1.82, 2.24) is 4.90 Å². The zero-order chi connectivity index (χ0) is 17.6. The van der Waals surface area contributed by atoms with Gasteiger partial charge in [0.1, 0.15) is 0 Å². The predicted octanol–water partition coefficient (Wildman–Crippen LogP) is 3.27. The number of piperidine rings is 1. The maximum atomic E-state index is 12.8. The molecule has 3 aliphatic rings. The molecule has 1 amide bonds. The first-order chi connectivity index (χ1) is 11.9. The predicted molar refractivity (Wildman–Crippen MR) is 97.0 cm³/mol. The molecule has 1 saturated carbocycles. The van der Waals surface area contributed by atoms with Gasteiger partial charge in [0.15, 0.2) is 9.84 Å². The summed E-state index contributed by atoms with van der Waals surface area (Å²) in [4.78, 5) is 15.3. The van der Waals surface area contributed by atoms with Gasteiger partial charge < -0.3 is 4.90 Å². The van der Waals surface area contributed by atoms with Crippen molar-refractivity contribution < 1.29 is 13.2 Å². The molecule has 4 nitrogen and oxygen atoms in total. The Morgan fingerprint density at radius 3 is 2.16 bits per heavy atom. The van der Waals surface area contributed by atoms with E-state index >= 15 is 0 Å². The molecule has 1 aromatic carbocycles. The molecule has 2 unspecified atom stereocenters. The summed E-state index contributed by atoms with van der Waals surface area (Å²) in [5.74, 6) is 0.263. The van der Waals surface area contributed by atoms with Gasteiger partial charge in [0.2, 0.25) is 5.91 Å². The fourth-order valence-corrected chi connectivity index (χ4v) is 5.04. The lowest BCUT2D eigenvalue weighted by Gasteiger charge is -2.36. The Labute approximate surface area is 149 Å². The minimum atomic E-state index is -3.16. The van der Waals surface area contributed by atoms with Crippen LogP contribution in [-0.4, -0.2) is 37.6 Å². The molecule has 1 aromatic rings. The summed E-state index contributed by atoms with van der Waals surface area (Å²) in [5.41, 5.74) is 4.33. The Balaban J connectivity index is 1.37. The van der Waals surface area contributed by atoms with Crippen LogP contribution in [0.2, 0.25) is 0 Å². The van der Waals surface area contributed by atoms with E-state index in [0.717, 1.165) is 31.2 Å². The van der Waals surface area contributed by atoms with Crippen LogP contribution >= 0.6 is 0 Å². The molecule has 0 spiro atoms. The Hall–Kier alpha value is -1.62. The minimum Gasteiger partial charge on any atom is -0.336 e. The summed E-state index contributed by atoms with van der Waals surface area (Å²) in [6, 6.07) is 7.75. The molecule has 5 heteroatoms. The Bertz CT molecular complexity index is 801. The summed E-state index contributed by atoms with van der Waals surface area (Å²) in [6.07, 6.45) is 9.46. The molecule has 0 radical (unpaired) electrons. The number of aryl methyl sites for hydroxylation is 1. The Morgan fingerprint density at radius 2 is 1.64 bits per heavy atom. The van der Waals surface area contributed by atoms with Crippen LogP contribution in [0.25, 0.3) is 0 Å². The molecule has 3 fully saturated rings. The SMILES string of the molecule is CS(=O)(=O)c1ccc(CCC(=O)N2C3CCC2CC(=C2CC2)C3)cc1. The quantitative estimate of drug-likeness (QED) is 0.776. The summed E-state index contributed by atoms with van der Waals surface area (Å²) < 4.78 is 23.0. The molecule has 2 heterocycles. The van der Waals surface area contributed by atoms with Crippen molar-refractivity contribution >= 4 is 15.7 Å². The topological polar surface area (TPSA) is 54.5 Å². The number of carbonyl (C=O) groups excluding carboxylic acids is 1. The monoisotopic (exact) mass is 359 g/mol. The van der Waals surface area contributed by atoms with E-state index in [2.05, 4.69) is 4.90 Å². The van der Waals surface area contributed by atoms with Crippen molar-refractivity contribution in [1.29, 1.82) is 0 Å². The molecule has 0 N–H and O–H groups in total. The van der Waals surface area contributed by atoms with Gasteiger partial charge >= 0.3 is 0 Å². The normalized spacial score (nSPS) is 25.4. The van der Waals surface area contributed by atoms with Crippen molar-refractivity contribution in [3.8, 4) is 0 Å². The van der Waals surface area contributed by atoms with Crippen molar-refractivity contribution in [2.24, 2.45) is 0 Å². The molecule has 0 aromatic heterocycles. The van der Waals surface area contributed by atoms with Gasteiger partial charge in [-0.3, -0.25) is 4.79 Å². The van der Waals surface area contributed by atoms with E-state index in [1.807, 2.05) is 12.1 Å². The zero-order valence-electron chi connectivity index (χ0n) is 14.7. The second kappa shape index (κ2) is 6.27. The maximum absolute atomic E-state index is 12.8. The standard InChI is InChI=1S/C20H25NO3S/c1-25(23,24)19-9-2-14(3-10-19)4-11-20(22)21-17-7-8-18(21)13-16(12-17)15-5-6-15/h2-3,9-10,17-18H,4-8,11-13H2,1H3. The van der Waals surface area contributed by atoms with Crippen molar-refractivity contribution in [2.75, 3.05) is 6.26 Å². The number of hydrogen-bond donors (Lipinski definition) is 0. The van der Waals surface area contributed by atoms with Crippen LogP contribution in [0, 0.1) is 0 Å². The lowest BCUT2D eigenvalue weighted by molar-refractivity contribution is -0.134. The highest BCUT2D eigenvalue weighted by molar-refractivity contribution is 7.90. The number of benzene rings is 1. The van der Waals surface area contributed by atoms with Crippen LogP contribution in [0.1, 0.15) is 50.5 Å². The van der Waals surface area contributed by atoms with Crippen molar-refractivity contribution in [3.05, 3.63) is 41.0 Å². The molecular formula is C20H25NO3S. The highest BCUT2D eigenvalue weighted by Gasteiger charge is 2.42. The maximum Gasteiger partial charge on any atom is 0.223 e. The summed E-state index contributed by atoms with van der Waals surface area (Å²) in [6.45, 7) is 0. The average molecular weight is 359 g/mol. The third kappa shape index (κ3) is 3.52. The van der Waals surface area contributed by atoms with Crippen LogP contribution < -0.4 is 0 Å². The van der Waals surface area contributed by atoms with Crippen molar-refractivity contribution in [2.45, 2.75) is 68.3 Å². The average Bonchev–Trinajstić information content (AvgIpc) is 3.38. The molecule has 1 aliphatic carbocycles. The minimum absolute atomic E-state index is 0.263. The van der Waals surface area contributed by atoms with Gasteiger partial charge in [0, 0.05) is 24.8 Å². The van der Waals surface area contributed by atoms with Crippen molar-refractivity contribution in [3.63, 3.8) is 0 Å². The number of amides is 1. The molecule has 2 bridgehead atoms. The molecule has 2 aliphatic heterocycles. The van der Waals surface area contributed by atoms with Gasteiger partial charge in [-0.1, -0.05) is 23.3 Å². The Kier molecular flexibility index (Phi) is 4.22. The molecular weight excluding hydrogens is 334 g/mol. The van der Waals surface area contributed by atoms with Gasteiger partial charge in [0.05, 0.1) is 4.90 Å². The number of fused-ring (bicyclic) bond motifs is 2. The van der Waals surface area contributed by atoms with E-state index in [1.54, 1.807) is 23.3 Å². The molecule has 25 heavy (non-hydrogen) atoms. The van der Waals surface area contributed by atoms with E-state index < -0.39 is 9.84 Å². The van der Waals surface area contributed by atoms with Gasteiger partial charge in [-0.15, -0.1) is 0 Å². The Morgan fingerprint density at radius 1 is 1.04 bits per heavy atom. The van der Waals surface area contributed by atoms with E-state index in [0.29, 0.717) is 29.8 Å². The number of rotatable bonds is 4. The second-order valence-electron chi connectivity index (χ2n) is 7.72. The van der Waals surface area contributed by atoms with Crippen LogP contribution in [0.5, 0.6) is 0 Å². The van der Waals surface area contributed by atoms with E-state index in [-0.39, 0.29) is 5.91 Å². The third-order valence-corrected chi connectivity index (χ3v) is 6.98. The smallest absolute Gasteiger partial charge is 0.223 e. The number of allylic oxidation sites excluding steroid dienone is 1.